The summed E-state index contributed by atoms with van der Waals surface area (Å²) in [6.07, 6.45) is -1.13. The Morgan fingerprint density at radius 2 is 0.847 bits per heavy atom. The first-order chi connectivity index (χ1) is 58.8. The molecule has 2 fully saturated rings. The maximum Gasteiger partial charge on any atom is 0.407 e. The van der Waals surface area contributed by atoms with E-state index >= 15 is 28.8 Å². The van der Waals surface area contributed by atoms with Crippen LogP contribution in [0.15, 0.2) is 133 Å². The zero-order valence-electron chi connectivity index (χ0n) is 73.8. The second-order valence-corrected chi connectivity index (χ2v) is 36.4. The van der Waals surface area contributed by atoms with Crippen molar-refractivity contribution in [3.05, 3.63) is 156 Å². The van der Waals surface area contributed by atoms with Crippen molar-refractivity contribution in [2.24, 2.45) is 23.7 Å². The average molecular weight is 1710 g/mol. The maximum absolute atomic E-state index is 15.9. The lowest BCUT2D eigenvalue weighted by Crippen LogP contribution is -2.61. The third kappa shape index (κ3) is 25.2. The maximum atomic E-state index is 15.9. The zero-order chi connectivity index (χ0) is 90.0. The van der Waals surface area contributed by atoms with Gasteiger partial charge in [-0.25, -0.2) is 19.2 Å². The Labute approximate surface area is 725 Å². The quantitative estimate of drug-likeness (QED) is 0.00973. The molecule has 124 heavy (non-hydrogen) atoms. The highest BCUT2D eigenvalue weighted by Gasteiger charge is 2.44. The van der Waals surface area contributed by atoms with Gasteiger partial charge in [0, 0.05) is 44.9 Å². The van der Waals surface area contributed by atoms with Gasteiger partial charge < -0.3 is 82.3 Å². The summed E-state index contributed by atoms with van der Waals surface area (Å²) in [5.74, 6) is -9.76. The second kappa shape index (κ2) is 42.5. The Kier molecular flexibility index (Phi) is 32.3. The molecule has 2 saturated heterocycles. The summed E-state index contributed by atoms with van der Waals surface area (Å²) in [7, 11) is 0. The van der Waals surface area contributed by atoms with E-state index in [9.17, 15) is 38.7 Å². The Bertz CT molecular complexity index is 4920. The Balaban J connectivity index is 0.884. The molecule has 10 atom stereocenters. The number of hydrogen-bond donors (Lipinski definition) is 11. The second-order valence-electron chi connectivity index (χ2n) is 36.4. The summed E-state index contributed by atoms with van der Waals surface area (Å²) in [5.41, 5.74) is 3.85. The van der Waals surface area contributed by atoms with Crippen LogP contribution in [0.5, 0.6) is 0 Å². The molecule has 10 rings (SSSR count). The van der Waals surface area contributed by atoms with Crippen molar-refractivity contribution in [2.45, 2.75) is 252 Å². The van der Waals surface area contributed by atoms with Crippen LogP contribution in [-0.2, 0) is 75.0 Å². The summed E-state index contributed by atoms with van der Waals surface area (Å²) >= 11 is 0. The van der Waals surface area contributed by atoms with Crippen LogP contribution in [-0.4, -0.2) is 197 Å². The molecular formula is C95H124N12O17. The third-order valence-corrected chi connectivity index (χ3v) is 22.6. The van der Waals surface area contributed by atoms with Gasteiger partial charge in [-0.2, -0.15) is 0 Å². The first-order valence-electron chi connectivity index (χ1n) is 43.5. The topological polar surface area (TPSA) is 397 Å². The van der Waals surface area contributed by atoms with Crippen LogP contribution in [0.1, 0.15) is 189 Å². The van der Waals surface area contributed by atoms with Gasteiger partial charge in [0.1, 0.15) is 78.2 Å². The number of benzene rings is 7. The van der Waals surface area contributed by atoms with Crippen LogP contribution < -0.4 is 53.2 Å². The van der Waals surface area contributed by atoms with Crippen LogP contribution in [0.25, 0.3) is 43.4 Å². The zero-order valence-corrected chi connectivity index (χ0v) is 73.8. The Hall–Kier alpha value is -11.9. The highest BCUT2D eigenvalue weighted by molar-refractivity contribution is 6.23. The highest BCUT2D eigenvalue weighted by Crippen LogP contribution is 2.45. The number of carboxylic acids is 1. The first-order valence-corrected chi connectivity index (χ1v) is 43.5. The summed E-state index contributed by atoms with van der Waals surface area (Å²) in [6.45, 7) is 24.4. The number of carboxylic acid groups (broad SMARTS) is 1. The van der Waals surface area contributed by atoms with E-state index in [0.29, 0.717) is 18.4 Å². The van der Waals surface area contributed by atoms with Crippen molar-refractivity contribution in [2.75, 3.05) is 32.8 Å². The van der Waals surface area contributed by atoms with Crippen LogP contribution in [0.4, 0.5) is 14.4 Å². The fourth-order valence-corrected chi connectivity index (χ4v) is 16.7. The lowest BCUT2D eigenvalue weighted by atomic mass is 9.90. The van der Waals surface area contributed by atoms with Crippen molar-refractivity contribution in [1.82, 2.24) is 63.0 Å². The summed E-state index contributed by atoms with van der Waals surface area (Å²) in [6, 6.07) is 29.8. The van der Waals surface area contributed by atoms with Crippen LogP contribution in [0, 0.1) is 23.7 Å². The van der Waals surface area contributed by atoms with Gasteiger partial charge >= 0.3 is 24.2 Å². The van der Waals surface area contributed by atoms with Crippen LogP contribution in [0.3, 0.4) is 0 Å². The molecule has 29 heteroatoms. The molecule has 1 aliphatic carbocycles. The SMILES string of the molecule is CC(C)C[C@H](NC(=O)[C@H](CCCNC(=O)OC(C)(C)C)NC(=O)[C@@H](NC(=O)[C@@H]1CCCN1C(=O)[C@@H](Cc1ccc2ccc3cccc4ccc1c2c34)NC(=O)[C@H](CC(C)C)NC(=O)[C@H](CCCNC(=O)OC(C)(C)C)NC(=O)[C@@H](NC(=O)[C@@H]1CCCN1C(=O)[C@@H](Cc1ccccc1)NC(=O)OCC1c2ccccc2-c2ccccc21)C(C)C)C(C)C)C(=O)O. The normalized spacial score (nSPS) is 16.6. The average Bonchev–Trinajstić information content (AvgIpc) is 0.800. The number of nitrogens with zero attached hydrogens (tertiary/aromatic N) is 2. The Morgan fingerprint density at radius 1 is 0.427 bits per heavy atom. The fourth-order valence-electron chi connectivity index (χ4n) is 16.7. The summed E-state index contributed by atoms with van der Waals surface area (Å²) in [4.78, 5) is 190. The monoisotopic (exact) mass is 1700 g/mol. The number of rotatable bonds is 38. The van der Waals surface area contributed by atoms with Gasteiger partial charge in [-0.1, -0.05) is 189 Å². The molecule has 666 valence electrons. The third-order valence-electron chi connectivity index (χ3n) is 22.6. The molecule has 0 radical (unpaired) electrons. The van der Waals surface area contributed by atoms with E-state index in [1.165, 1.54) is 9.80 Å². The fraction of sp³-hybridized carbons (Fsp3) is 0.505. The number of carbonyl (C=O) groups excluding carboxylic acids is 12. The number of alkyl carbamates (subject to hydrolysis) is 3. The molecule has 12 amide bonds. The largest absolute Gasteiger partial charge is 0.480 e. The lowest BCUT2D eigenvalue weighted by Gasteiger charge is -2.32. The van der Waals surface area contributed by atoms with Crippen LogP contribution >= 0.6 is 0 Å². The van der Waals surface area contributed by atoms with Crippen molar-refractivity contribution >= 4 is 110 Å². The molecule has 0 saturated carbocycles. The molecule has 29 nitrogen and oxygen atoms in total. The number of aliphatic carboxylic acids is 1. The number of amides is 12. The molecular weight excluding hydrogens is 1580 g/mol. The highest BCUT2D eigenvalue weighted by atomic mass is 16.6. The van der Waals surface area contributed by atoms with Crippen LogP contribution in [0.2, 0.25) is 0 Å². The number of nitrogens with one attached hydrogen (secondary N) is 10. The molecule has 0 bridgehead atoms. The predicted octanol–water partition coefficient (Wildman–Crippen LogP) is 10.8. The number of fused-ring (bicyclic) bond motifs is 3. The standard InChI is InChI=1S/C95H124N12O17/c1-54(2)49-71(100-81(108)69(35-23-45-96-91(119)123-94(9,10)11)98-86(113)79(56(5)6)104-84(111)75-37-25-47-106(75)88(115)72(51-58-27-16-15-17-28-58)103-93(121)122-53-68-66-33-20-18-31-64(66)65-32-19-21-34-67(65)68)83(110)101-73(52-62-42-41-61-40-39-59-29-22-30-60-43-44-63(62)78(61)77(59)60)89(116)107-48-26-38-76(107)85(112)105-80(57(7)8)87(114)99-70(36-24-46-97-92(120)124-95(12,13)14)82(109)102-74(90(117)118)50-55(3)4/h15-22,27-34,39-44,54-57,68-76,79-80H,23-26,35-38,45-53H2,1-14H3,(H,96,119)(H,97,120)(H,98,113)(H,99,114)(H,100,108)(H,101,110)(H,102,109)(H,103,121)(H,104,111)(H,105,112)(H,117,118)/t69-,70-,71-,72+,73+,74-,75-,76-,79-,80-/m0/s1. The molecule has 3 aliphatic rings. The molecule has 7 aromatic rings. The van der Waals surface area contributed by atoms with E-state index in [0.717, 1.165) is 60.1 Å². The molecule has 0 unspecified atom stereocenters. The Morgan fingerprint density at radius 3 is 1.32 bits per heavy atom. The molecule has 2 heterocycles. The van der Waals surface area contributed by atoms with Gasteiger partial charge in [0.15, 0.2) is 0 Å². The van der Waals surface area contributed by atoms with E-state index in [1.54, 1.807) is 83.1 Å². The molecule has 7 aromatic carbocycles. The van der Waals surface area contributed by atoms with E-state index in [2.05, 4.69) is 53.2 Å². The minimum atomic E-state index is -1.44. The van der Waals surface area contributed by atoms with Gasteiger partial charge in [0.05, 0.1) is 0 Å². The number of carbonyl (C=O) groups is 13. The molecule has 0 aromatic heterocycles. The van der Waals surface area contributed by atoms with Crippen molar-refractivity contribution < 1.29 is 81.6 Å². The summed E-state index contributed by atoms with van der Waals surface area (Å²) in [5, 5.41) is 43.7. The van der Waals surface area contributed by atoms with Crippen molar-refractivity contribution in [1.29, 1.82) is 0 Å². The van der Waals surface area contributed by atoms with Gasteiger partial charge in [-0.3, -0.25) is 43.2 Å². The van der Waals surface area contributed by atoms with Gasteiger partial charge in [-0.15, -0.1) is 0 Å². The van der Waals surface area contributed by atoms with Gasteiger partial charge in [-0.05, 0) is 195 Å². The lowest BCUT2D eigenvalue weighted by molar-refractivity contribution is -0.143. The molecule has 11 N–H and O–H groups in total. The number of ether oxygens (including phenoxy) is 3. The van der Waals surface area contributed by atoms with E-state index in [1.807, 2.05) is 147 Å². The number of likely N-dealkylation sites (tertiary alicyclic amines) is 2. The number of hydrogen-bond acceptors (Lipinski definition) is 16. The van der Waals surface area contributed by atoms with Gasteiger partial charge in [0.2, 0.25) is 53.2 Å². The minimum Gasteiger partial charge on any atom is -0.480 e. The predicted molar refractivity (Wildman–Crippen MR) is 472 cm³/mol. The molecule has 2 aliphatic heterocycles. The smallest absolute Gasteiger partial charge is 0.407 e. The van der Waals surface area contributed by atoms with Gasteiger partial charge in [0.25, 0.3) is 0 Å². The van der Waals surface area contributed by atoms with Crippen molar-refractivity contribution in [3.63, 3.8) is 0 Å². The van der Waals surface area contributed by atoms with Crippen molar-refractivity contribution in [3.8, 4) is 11.1 Å². The van der Waals surface area contributed by atoms with E-state index in [4.69, 9.17) is 14.2 Å². The van der Waals surface area contributed by atoms with E-state index in [-0.39, 0.29) is 115 Å². The summed E-state index contributed by atoms with van der Waals surface area (Å²) < 4.78 is 16.8. The molecule has 0 spiro atoms. The van der Waals surface area contributed by atoms with E-state index < -0.39 is 161 Å². The first kappa shape index (κ1) is 94.3. The minimum absolute atomic E-state index is 0.00372.